The molecule has 37 heavy (non-hydrogen) atoms. The average Bonchev–Trinajstić information content (AvgIpc) is 2.91. The van der Waals surface area contributed by atoms with Gasteiger partial charge in [-0.05, 0) is 110 Å². The second kappa shape index (κ2) is 14.2. The van der Waals surface area contributed by atoms with Crippen molar-refractivity contribution < 1.29 is 4.74 Å². The van der Waals surface area contributed by atoms with Crippen LogP contribution >= 0.6 is 0 Å². The highest BCUT2D eigenvalue weighted by atomic mass is 16.5. The maximum atomic E-state index is 7.19. The third-order valence-electron chi connectivity index (χ3n) is 9.29. The monoisotopic (exact) mass is 504 g/mol. The molecule has 2 aliphatic carbocycles. The lowest BCUT2D eigenvalue weighted by Crippen LogP contribution is -2.38. The fourth-order valence-corrected chi connectivity index (χ4v) is 7.27. The number of rotatable bonds is 12. The maximum absolute atomic E-state index is 7.19. The summed E-state index contributed by atoms with van der Waals surface area (Å²) in [6.45, 7) is 4.64. The molecular weight excluding hydrogens is 452 g/mol. The fraction of sp³-hybridized carbons (Fsp3) is 0.647. The van der Waals surface area contributed by atoms with Gasteiger partial charge in [-0.25, -0.2) is 0 Å². The van der Waals surface area contributed by atoms with Crippen LogP contribution in [0.15, 0.2) is 48.5 Å². The van der Waals surface area contributed by atoms with Crippen molar-refractivity contribution in [1.82, 2.24) is 0 Å². The molecule has 0 spiro atoms. The number of hydrogen-bond acceptors (Lipinski definition) is 3. The fourth-order valence-electron chi connectivity index (χ4n) is 7.27. The van der Waals surface area contributed by atoms with Crippen LogP contribution in [0.5, 0.6) is 0 Å². The van der Waals surface area contributed by atoms with E-state index in [2.05, 4.69) is 62.4 Å². The molecule has 2 aliphatic rings. The third-order valence-corrected chi connectivity index (χ3v) is 9.29. The van der Waals surface area contributed by atoms with Gasteiger partial charge in [-0.3, -0.25) is 0 Å². The number of benzene rings is 2. The number of anilines is 2. The van der Waals surface area contributed by atoms with E-state index in [9.17, 15) is 0 Å². The first kappa shape index (κ1) is 28.0. The maximum Gasteiger partial charge on any atom is 0.0607 e. The first-order chi connectivity index (χ1) is 18.1. The van der Waals surface area contributed by atoms with Crippen LogP contribution in [0.4, 0.5) is 11.4 Å². The molecule has 4 rings (SSSR count). The van der Waals surface area contributed by atoms with Gasteiger partial charge in [-0.2, -0.15) is 0 Å². The Morgan fingerprint density at radius 1 is 0.622 bits per heavy atom. The van der Waals surface area contributed by atoms with Crippen molar-refractivity contribution in [1.29, 1.82) is 0 Å². The van der Waals surface area contributed by atoms with Crippen molar-refractivity contribution >= 4 is 11.4 Å². The molecule has 2 aromatic rings. The summed E-state index contributed by atoms with van der Waals surface area (Å²) in [7, 11) is 0. The molecule has 2 aromatic carbocycles. The first-order valence-corrected chi connectivity index (χ1v) is 15.4. The highest BCUT2D eigenvalue weighted by molar-refractivity contribution is 5.41. The molecule has 0 radical (unpaired) electrons. The largest absolute Gasteiger partial charge is 0.399 e. The minimum Gasteiger partial charge on any atom is -0.399 e. The number of ether oxygens (including phenoxy) is 1. The van der Waals surface area contributed by atoms with Gasteiger partial charge in [0.25, 0.3) is 0 Å². The summed E-state index contributed by atoms with van der Waals surface area (Å²) in [6, 6.07) is 17.3. The minimum absolute atomic E-state index is 0.425. The highest BCUT2D eigenvalue weighted by Gasteiger charge is 2.35. The predicted octanol–water partition coefficient (Wildman–Crippen LogP) is 9.23. The topological polar surface area (TPSA) is 61.3 Å². The molecule has 4 N–H and O–H groups in total. The molecule has 0 bridgehead atoms. The Hall–Kier alpha value is -2.00. The summed E-state index contributed by atoms with van der Waals surface area (Å²) in [6.07, 6.45) is 18.8. The smallest absolute Gasteiger partial charge is 0.0607 e. The molecule has 0 aromatic heterocycles. The molecule has 0 heterocycles. The molecule has 0 amide bonds. The van der Waals surface area contributed by atoms with E-state index in [-0.39, 0.29) is 0 Å². The van der Waals surface area contributed by atoms with Crippen LogP contribution in [0.25, 0.3) is 0 Å². The van der Waals surface area contributed by atoms with E-state index in [0.29, 0.717) is 35.9 Å². The van der Waals surface area contributed by atoms with E-state index >= 15 is 0 Å². The Bertz CT molecular complexity index is 833. The van der Waals surface area contributed by atoms with Crippen molar-refractivity contribution in [3.63, 3.8) is 0 Å². The van der Waals surface area contributed by atoms with Gasteiger partial charge >= 0.3 is 0 Å². The zero-order chi connectivity index (χ0) is 26.0. The minimum atomic E-state index is 0.425. The van der Waals surface area contributed by atoms with E-state index in [1.54, 1.807) is 0 Å². The van der Waals surface area contributed by atoms with E-state index in [1.165, 1.54) is 101 Å². The summed E-state index contributed by atoms with van der Waals surface area (Å²) in [5, 5.41) is 0. The number of nitrogens with two attached hydrogens (primary N) is 2. The van der Waals surface area contributed by atoms with Gasteiger partial charge in [0.05, 0.1) is 12.2 Å². The van der Waals surface area contributed by atoms with Crippen LogP contribution < -0.4 is 11.5 Å². The summed E-state index contributed by atoms with van der Waals surface area (Å²) in [5.74, 6) is 2.57. The lowest BCUT2D eigenvalue weighted by Gasteiger charge is -2.41. The summed E-state index contributed by atoms with van der Waals surface area (Å²) < 4.78 is 7.19. The summed E-state index contributed by atoms with van der Waals surface area (Å²) in [4.78, 5) is 0. The van der Waals surface area contributed by atoms with Crippen molar-refractivity contribution in [3.8, 4) is 0 Å². The normalized spacial score (nSPS) is 26.0. The lowest BCUT2D eigenvalue weighted by atomic mass is 9.75. The third kappa shape index (κ3) is 7.99. The quantitative estimate of drug-likeness (QED) is 0.283. The van der Waals surface area contributed by atoms with Gasteiger partial charge in [-0.15, -0.1) is 0 Å². The standard InChI is InChI=1S/C34H52N2O/c1-3-9-27(25-15-19-31(35)20-16-25)23-29-11-5-7-13-33(29)37-34-14-8-6-12-30(34)24-28(10-4-2)26-17-21-32(36)22-18-26/h15-22,27-30,33-34H,3-14,23-24,35-36H2,1-2H3/t27?,28?,29-,30-,33?,34?/m1/s1. The van der Waals surface area contributed by atoms with Crippen LogP contribution in [-0.2, 0) is 4.74 Å². The molecule has 6 atom stereocenters. The van der Waals surface area contributed by atoms with Crippen molar-refractivity contribution in [2.24, 2.45) is 11.8 Å². The molecule has 2 fully saturated rings. The summed E-state index contributed by atoms with van der Waals surface area (Å²) >= 11 is 0. The van der Waals surface area contributed by atoms with Gasteiger partial charge < -0.3 is 16.2 Å². The Labute approximate surface area is 226 Å². The molecule has 204 valence electrons. The Kier molecular flexibility index (Phi) is 10.8. The highest BCUT2D eigenvalue weighted by Crippen LogP contribution is 2.42. The molecule has 4 unspecified atom stereocenters. The van der Waals surface area contributed by atoms with E-state index < -0.39 is 0 Å². The van der Waals surface area contributed by atoms with Crippen LogP contribution in [0.1, 0.15) is 127 Å². The summed E-state index contributed by atoms with van der Waals surface area (Å²) in [5.41, 5.74) is 16.6. The van der Waals surface area contributed by atoms with Crippen molar-refractivity contribution in [2.75, 3.05) is 11.5 Å². The zero-order valence-electron chi connectivity index (χ0n) is 23.5. The molecule has 2 saturated carbocycles. The van der Waals surface area contributed by atoms with Crippen LogP contribution in [0.2, 0.25) is 0 Å². The number of nitrogen functional groups attached to an aromatic ring is 2. The van der Waals surface area contributed by atoms with Crippen molar-refractivity contribution in [2.45, 2.75) is 128 Å². The number of hydrogen-bond donors (Lipinski definition) is 2. The Morgan fingerprint density at radius 2 is 1.00 bits per heavy atom. The second-order valence-corrected chi connectivity index (χ2v) is 12.1. The molecule has 3 heteroatoms. The van der Waals surface area contributed by atoms with E-state index in [0.717, 1.165) is 11.4 Å². The van der Waals surface area contributed by atoms with Gasteiger partial charge in [0.2, 0.25) is 0 Å². The average molecular weight is 505 g/mol. The van der Waals surface area contributed by atoms with E-state index in [4.69, 9.17) is 16.2 Å². The first-order valence-electron chi connectivity index (χ1n) is 15.4. The Balaban J connectivity index is 1.44. The van der Waals surface area contributed by atoms with Crippen molar-refractivity contribution in [3.05, 3.63) is 59.7 Å². The molecule has 0 saturated heterocycles. The Morgan fingerprint density at radius 3 is 1.38 bits per heavy atom. The van der Waals surface area contributed by atoms with Gasteiger partial charge in [0.1, 0.15) is 0 Å². The predicted molar refractivity (Wildman–Crippen MR) is 159 cm³/mol. The van der Waals surface area contributed by atoms with E-state index in [1.807, 2.05) is 0 Å². The second-order valence-electron chi connectivity index (χ2n) is 12.1. The lowest BCUT2D eigenvalue weighted by molar-refractivity contribution is -0.100. The SMILES string of the molecule is CCCC(C[C@H]1CCCCC1OC1CCCC[C@@H]1CC(CCC)c1ccc(N)cc1)c1ccc(N)cc1. The zero-order valence-corrected chi connectivity index (χ0v) is 23.5. The molecule has 0 aliphatic heterocycles. The van der Waals surface area contributed by atoms with Gasteiger partial charge in [0, 0.05) is 11.4 Å². The van der Waals surface area contributed by atoms with Gasteiger partial charge in [0.15, 0.2) is 0 Å². The van der Waals surface area contributed by atoms with Crippen LogP contribution in [0, 0.1) is 11.8 Å². The molecular formula is C34H52N2O. The molecule has 3 nitrogen and oxygen atoms in total. The van der Waals surface area contributed by atoms with Gasteiger partial charge in [-0.1, -0.05) is 76.6 Å². The van der Waals surface area contributed by atoms with Crippen LogP contribution in [0.3, 0.4) is 0 Å². The van der Waals surface area contributed by atoms with Crippen LogP contribution in [-0.4, -0.2) is 12.2 Å².